The smallest absolute Gasteiger partial charge is 0.124 e. The van der Waals surface area contributed by atoms with Crippen LogP contribution in [0.25, 0.3) is 0 Å². The molecule has 106 valence electrons. The molecule has 0 saturated heterocycles. The van der Waals surface area contributed by atoms with Gasteiger partial charge in [-0.15, -0.1) is 0 Å². The zero-order valence-electron chi connectivity index (χ0n) is 11.5. The monoisotopic (exact) mass is 309 g/mol. The minimum absolute atomic E-state index is 0.346. The van der Waals surface area contributed by atoms with Crippen molar-refractivity contribution in [1.29, 1.82) is 0 Å². The van der Waals surface area contributed by atoms with Crippen molar-refractivity contribution < 1.29 is 4.74 Å². The fraction of sp³-hybridized carbons (Fsp3) is 0.250. The van der Waals surface area contributed by atoms with Crippen LogP contribution in [0, 0.1) is 6.92 Å². The highest BCUT2D eigenvalue weighted by Crippen LogP contribution is 2.33. The van der Waals surface area contributed by atoms with Gasteiger partial charge in [0.1, 0.15) is 5.75 Å². The maximum Gasteiger partial charge on any atom is 0.124 e. The molecule has 0 aliphatic carbocycles. The maximum atomic E-state index is 6.36. The average molecular weight is 310 g/mol. The van der Waals surface area contributed by atoms with E-state index in [2.05, 4.69) is 0 Å². The molecular weight excluding hydrogens is 293 g/mol. The molecule has 2 rings (SSSR count). The van der Waals surface area contributed by atoms with Crippen molar-refractivity contribution in [2.24, 2.45) is 5.73 Å². The van der Waals surface area contributed by atoms with Crippen LogP contribution in [-0.4, -0.2) is 6.61 Å². The Kier molecular flexibility index (Phi) is 4.92. The molecule has 2 aromatic rings. The zero-order chi connectivity index (χ0) is 14.7. The van der Waals surface area contributed by atoms with E-state index in [1.807, 2.05) is 38.1 Å². The molecule has 1 unspecified atom stereocenters. The number of aryl methyl sites for hydroxylation is 1. The van der Waals surface area contributed by atoms with Gasteiger partial charge in [0.25, 0.3) is 0 Å². The van der Waals surface area contributed by atoms with E-state index in [1.54, 1.807) is 12.1 Å². The molecule has 0 aromatic heterocycles. The van der Waals surface area contributed by atoms with Gasteiger partial charge in [0.2, 0.25) is 0 Å². The minimum Gasteiger partial charge on any atom is -0.494 e. The van der Waals surface area contributed by atoms with E-state index in [4.69, 9.17) is 33.7 Å². The van der Waals surface area contributed by atoms with E-state index in [0.717, 1.165) is 22.4 Å². The molecule has 0 aliphatic rings. The quantitative estimate of drug-likeness (QED) is 0.884. The Balaban J connectivity index is 2.46. The fourth-order valence-corrected chi connectivity index (χ4v) is 2.65. The first kappa shape index (κ1) is 15.2. The summed E-state index contributed by atoms with van der Waals surface area (Å²) in [6, 6.07) is 11.0. The Bertz CT molecular complexity index is 613. The second-order valence-electron chi connectivity index (χ2n) is 4.62. The predicted octanol–water partition coefficient (Wildman–Crippen LogP) is 4.75. The summed E-state index contributed by atoms with van der Waals surface area (Å²) >= 11 is 12.2. The number of benzene rings is 2. The lowest BCUT2D eigenvalue weighted by Crippen LogP contribution is -2.14. The third-order valence-corrected chi connectivity index (χ3v) is 3.66. The second-order valence-corrected chi connectivity index (χ2v) is 5.46. The third-order valence-electron chi connectivity index (χ3n) is 3.10. The van der Waals surface area contributed by atoms with Gasteiger partial charge in [-0.2, -0.15) is 0 Å². The van der Waals surface area contributed by atoms with Gasteiger partial charge in [0.15, 0.2) is 0 Å². The summed E-state index contributed by atoms with van der Waals surface area (Å²) in [6.07, 6.45) is 0. The number of nitrogens with two attached hydrogens (primary N) is 1. The lowest BCUT2D eigenvalue weighted by molar-refractivity contribution is 0.335. The molecule has 0 fully saturated rings. The Morgan fingerprint density at radius 2 is 1.85 bits per heavy atom. The van der Waals surface area contributed by atoms with E-state index in [0.29, 0.717) is 16.7 Å². The average Bonchev–Trinajstić information content (AvgIpc) is 2.40. The van der Waals surface area contributed by atoms with E-state index in [-0.39, 0.29) is 6.04 Å². The summed E-state index contributed by atoms with van der Waals surface area (Å²) in [6.45, 7) is 4.57. The Morgan fingerprint density at radius 3 is 2.50 bits per heavy atom. The molecule has 1 atom stereocenters. The van der Waals surface area contributed by atoms with E-state index < -0.39 is 0 Å². The second kappa shape index (κ2) is 6.49. The van der Waals surface area contributed by atoms with Crippen LogP contribution < -0.4 is 10.5 Å². The van der Waals surface area contributed by atoms with Gasteiger partial charge in [-0.05, 0) is 37.6 Å². The topological polar surface area (TPSA) is 35.2 Å². The van der Waals surface area contributed by atoms with Crippen molar-refractivity contribution >= 4 is 23.2 Å². The first-order valence-electron chi connectivity index (χ1n) is 6.46. The molecule has 2 nitrogen and oxygen atoms in total. The van der Waals surface area contributed by atoms with Gasteiger partial charge in [-0.1, -0.05) is 47.0 Å². The van der Waals surface area contributed by atoms with Crippen molar-refractivity contribution in [2.45, 2.75) is 19.9 Å². The van der Waals surface area contributed by atoms with Crippen LogP contribution in [0.2, 0.25) is 10.0 Å². The summed E-state index contributed by atoms with van der Waals surface area (Å²) in [4.78, 5) is 0. The van der Waals surface area contributed by atoms with E-state index >= 15 is 0 Å². The molecule has 0 bridgehead atoms. The van der Waals surface area contributed by atoms with Crippen molar-refractivity contribution in [3.05, 3.63) is 63.1 Å². The van der Waals surface area contributed by atoms with Crippen LogP contribution in [0.5, 0.6) is 5.75 Å². The molecule has 0 heterocycles. The highest BCUT2D eigenvalue weighted by atomic mass is 35.5. The van der Waals surface area contributed by atoms with Crippen LogP contribution >= 0.6 is 23.2 Å². The van der Waals surface area contributed by atoms with Crippen molar-refractivity contribution in [3.8, 4) is 5.75 Å². The number of hydrogen-bond acceptors (Lipinski definition) is 2. The van der Waals surface area contributed by atoms with Crippen molar-refractivity contribution in [3.63, 3.8) is 0 Å². The number of rotatable bonds is 4. The Labute approximate surface area is 129 Å². The fourth-order valence-electron chi connectivity index (χ4n) is 2.12. The summed E-state index contributed by atoms with van der Waals surface area (Å²) in [7, 11) is 0. The molecule has 2 N–H and O–H groups in total. The molecule has 0 spiro atoms. The SMILES string of the molecule is CCOc1ccc(C)cc1C(N)c1ccc(Cl)cc1Cl. The normalized spacial score (nSPS) is 12.2. The largest absolute Gasteiger partial charge is 0.494 e. The van der Waals surface area contributed by atoms with Crippen LogP contribution in [0.3, 0.4) is 0 Å². The molecule has 2 aromatic carbocycles. The zero-order valence-corrected chi connectivity index (χ0v) is 13.0. The predicted molar refractivity (Wildman–Crippen MR) is 84.8 cm³/mol. The number of halogens is 2. The molecule has 0 radical (unpaired) electrons. The Morgan fingerprint density at radius 1 is 1.10 bits per heavy atom. The lowest BCUT2D eigenvalue weighted by Gasteiger charge is -2.19. The highest BCUT2D eigenvalue weighted by Gasteiger charge is 2.17. The summed E-state index contributed by atoms with van der Waals surface area (Å²) in [5.74, 6) is 0.789. The van der Waals surface area contributed by atoms with Gasteiger partial charge in [-0.3, -0.25) is 0 Å². The van der Waals surface area contributed by atoms with E-state index in [9.17, 15) is 0 Å². The van der Waals surface area contributed by atoms with Gasteiger partial charge >= 0.3 is 0 Å². The molecule has 0 saturated carbocycles. The van der Waals surface area contributed by atoms with Crippen LogP contribution in [0.4, 0.5) is 0 Å². The molecular formula is C16H17Cl2NO. The highest BCUT2D eigenvalue weighted by molar-refractivity contribution is 6.35. The van der Waals surface area contributed by atoms with Crippen LogP contribution in [0.1, 0.15) is 29.7 Å². The minimum atomic E-state index is -0.346. The molecule has 4 heteroatoms. The summed E-state index contributed by atoms with van der Waals surface area (Å²) in [5.41, 5.74) is 9.25. The molecule has 0 amide bonds. The lowest BCUT2D eigenvalue weighted by atomic mass is 9.97. The molecule has 20 heavy (non-hydrogen) atoms. The van der Waals surface area contributed by atoms with Crippen LogP contribution in [-0.2, 0) is 0 Å². The summed E-state index contributed by atoms with van der Waals surface area (Å²) < 4.78 is 5.65. The van der Waals surface area contributed by atoms with E-state index in [1.165, 1.54) is 0 Å². The maximum absolute atomic E-state index is 6.36. The van der Waals surface area contributed by atoms with Crippen molar-refractivity contribution in [1.82, 2.24) is 0 Å². The Hall–Kier alpha value is -1.22. The van der Waals surface area contributed by atoms with Gasteiger partial charge in [0, 0.05) is 15.6 Å². The van der Waals surface area contributed by atoms with Crippen LogP contribution in [0.15, 0.2) is 36.4 Å². The molecule has 0 aliphatic heterocycles. The first-order valence-corrected chi connectivity index (χ1v) is 7.22. The number of hydrogen-bond donors (Lipinski definition) is 1. The first-order chi connectivity index (χ1) is 9.52. The summed E-state index contributed by atoms with van der Waals surface area (Å²) in [5, 5.41) is 1.16. The third kappa shape index (κ3) is 3.26. The van der Waals surface area contributed by atoms with Gasteiger partial charge in [-0.25, -0.2) is 0 Å². The van der Waals surface area contributed by atoms with Gasteiger partial charge < -0.3 is 10.5 Å². The standard InChI is InChI=1S/C16H17Cl2NO/c1-3-20-15-7-4-10(2)8-13(15)16(19)12-6-5-11(17)9-14(12)18/h4-9,16H,3,19H2,1-2H3. The van der Waals surface area contributed by atoms with Crippen molar-refractivity contribution in [2.75, 3.05) is 6.61 Å². The van der Waals surface area contributed by atoms with Gasteiger partial charge in [0.05, 0.1) is 12.6 Å². The number of ether oxygens (including phenoxy) is 1.